The van der Waals surface area contributed by atoms with Gasteiger partial charge in [-0.15, -0.1) is 11.6 Å². The lowest BCUT2D eigenvalue weighted by Gasteiger charge is -2.22. The number of nitrogens with zero attached hydrogens (tertiary/aromatic N) is 2. The number of hydrogen-bond donors (Lipinski definition) is 0. The van der Waals surface area contributed by atoms with E-state index in [1.54, 1.807) is 6.92 Å². The second kappa shape index (κ2) is 4.91. The zero-order chi connectivity index (χ0) is 12.3. The predicted octanol–water partition coefficient (Wildman–Crippen LogP) is 3.16. The SMILES string of the molecule is CC(Cl)CN(C)c1ncccc1C(F)(F)F. The predicted molar refractivity (Wildman–Crippen MR) is 57.8 cm³/mol. The van der Waals surface area contributed by atoms with Crippen LogP contribution in [0.15, 0.2) is 18.3 Å². The monoisotopic (exact) mass is 252 g/mol. The molecule has 16 heavy (non-hydrogen) atoms. The van der Waals surface area contributed by atoms with Gasteiger partial charge in [-0.3, -0.25) is 0 Å². The van der Waals surface area contributed by atoms with Gasteiger partial charge in [0.2, 0.25) is 0 Å². The molecule has 0 fully saturated rings. The highest BCUT2D eigenvalue weighted by atomic mass is 35.5. The summed E-state index contributed by atoms with van der Waals surface area (Å²) in [4.78, 5) is 5.15. The number of halogens is 4. The van der Waals surface area contributed by atoms with E-state index in [9.17, 15) is 13.2 Å². The normalized spacial score (nSPS) is 13.6. The third-order valence-corrected chi connectivity index (χ3v) is 2.12. The second-order valence-electron chi connectivity index (χ2n) is 3.53. The maximum absolute atomic E-state index is 12.6. The van der Waals surface area contributed by atoms with E-state index in [4.69, 9.17) is 11.6 Å². The standard InChI is InChI=1S/C10H12ClF3N2/c1-7(11)6-16(2)9-8(10(12,13)14)4-3-5-15-9/h3-5,7H,6H2,1-2H3. The Labute approximate surface area is 97.0 Å². The number of aromatic nitrogens is 1. The van der Waals surface area contributed by atoms with Crippen LogP contribution in [0.3, 0.4) is 0 Å². The molecule has 0 bridgehead atoms. The van der Waals surface area contributed by atoms with Crippen molar-refractivity contribution in [2.45, 2.75) is 18.5 Å². The van der Waals surface area contributed by atoms with E-state index in [0.29, 0.717) is 6.54 Å². The third-order valence-electron chi connectivity index (χ3n) is 1.98. The summed E-state index contributed by atoms with van der Waals surface area (Å²) in [5, 5.41) is -0.243. The van der Waals surface area contributed by atoms with Crippen molar-refractivity contribution < 1.29 is 13.2 Å². The summed E-state index contributed by atoms with van der Waals surface area (Å²) in [5.41, 5.74) is -0.741. The highest BCUT2D eigenvalue weighted by Gasteiger charge is 2.35. The summed E-state index contributed by atoms with van der Waals surface area (Å²) in [6.45, 7) is 2.02. The molecule has 0 aromatic carbocycles. The summed E-state index contributed by atoms with van der Waals surface area (Å²) >= 11 is 5.74. The van der Waals surface area contributed by atoms with E-state index in [0.717, 1.165) is 6.07 Å². The number of alkyl halides is 4. The number of pyridine rings is 1. The van der Waals surface area contributed by atoms with Crippen molar-refractivity contribution in [2.24, 2.45) is 0 Å². The van der Waals surface area contributed by atoms with Gasteiger partial charge in [-0.2, -0.15) is 13.2 Å². The van der Waals surface area contributed by atoms with E-state index in [1.165, 1.54) is 24.2 Å². The molecule has 0 aliphatic carbocycles. The summed E-state index contributed by atoms with van der Waals surface area (Å²) in [6.07, 6.45) is -3.06. The molecule has 0 spiro atoms. The van der Waals surface area contributed by atoms with Crippen LogP contribution in [0.2, 0.25) is 0 Å². The Hall–Kier alpha value is -0.970. The minimum Gasteiger partial charge on any atom is -0.358 e. The van der Waals surface area contributed by atoms with Gasteiger partial charge in [-0.1, -0.05) is 0 Å². The Balaban J connectivity index is 3.04. The summed E-state index contributed by atoms with van der Waals surface area (Å²) in [5.74, 6) is -0.0949. The lowest BCUT2D eigenvalue weighted by Crippen LogP contribution is -2.27. The minimum absolute atomic E-state index is 0.0949. The van der Waals surface area contributed by atoms with Crippen LogP contribution in [-0.4, -0.2) is 24.0 Å². The fourth-order valence-electron chi connectivity index (χ4n) is 1.39. The molecule has 0 saturated carbocycles. The molecule has 0 amide bonds. The van der Waals surface area contributed by atoms with Gasteiger partial charge in [0.05, 0.1) is 5.56 Å². The molecule has 1 atom stereocenters. The minimum atomic E-state index is -4.40. The van der Waals surface area contributed by atoms with Gasteiger partial charge in [0.25, 0.3) is 0 Å². The summed E-state index contributed by atoms with van der Waals surface area (Å²) in [6, 6.07) is 2.28. The van der Waals surface area contributed by atoms with Crippen molar-refractivity contribution in [3.8, 4) is 0 Å². The average molecular weight is 253 g/mol. The molecule has 1 rings (SSSR count). The molecule has 1 heterocycles. The Morgan fingerprint density at radius 3 is 2.62 bits per heavy atom. The fourth-order valence-corrected chi connectivity index (χ4v) is 1.59. The molecule has 0 saturated heterocycles. The lowest BCUT2D eigenvalue weighted by atomic mass is 10.2. The van der Waals surface area contributed by atoms with Crippen LogP contribution in [0.25, 0.3) is 0 Å². The van der Waals surface area contributed by atoms with Crippen molar-refractivity contribution >= 4 is 17.4 Å². The lowest BCUT2D eigenvalue weighted by molar-refractivity contribution is -0.137. The van der Waals surface area contributed by atoms with E-state index in [2.05, 4.69) is 4.98 Å². The van der Waals surface area contributed by atoms with Gasteiger partial charge in [0.15, 0.2) is 0 Å². The van der Waals surface area contributed by atoms with E-state index in [-0.39, 0.29) is 11.2 Å². The zero-order valence-corrected chi connectivity index (χ0v) is 9.68. The first-order chi connectivity index (χ1) is 7.32. The van der Waals surface area contributed by atoms with Crippen LogP contribution < -0.4 is 4.90 Å². The van der Waals surface area contributed by atoms with Gasteiger partial charge in [-0.05, 0) is 19.1 Å². The van der Waals surface area contributed by atoms with Gasteiger partial charge < -0.3 is 4.90 Å². The van der Waals surface area contributed by atoms with Gasteiger partial charge in [0, 0.05) is 25.2 Å². The quantitative estimate of drug-likeness (QED) is 0.768. The third kappa shape index (κ3) is 3.27. The van der Waals surface area contributed by atoms with Gasteiger partial charge >= 0.3 is 6.18 Å². The van der Waals surface area contributed by atoms with Crippen LogP contribution in [0, 0.1) is 0 Å². The first-order valence-electron chi connectivity index (χ1n) is 4.69. The average Bonchev–Trinajstić information content (AvgIpc) is 2.15. The summed E-state index contributed by atoms with van der Waals surface area (Å²) in [7, 11) is 1.54. The first-order valence-corrected chi connectivity index (χ1v) is 5.13. The molecule has 1 aromatic rings. The molecule has 0 N–H and O–H groups in total. The molecule has 2 nitrogen and oxygen atoms in total. The Morgan fingerprint density at radius 2 is 2.12 bits per heavy atom. The first kappa shape index (κ1) is 13.1. The van der Waals surface area contributed by atoms with Crippen molar-refractivity contribution in [1.82, 2.24) is 4.98 Å². The van der Waals surface area contributed by atoms with E-state index >= 15 is 0 Å². The molecule has 6 heteroatoms. The number of hydrogen-bond acceptors (Lipinski definition) is 2. The number of anilines is 1. The topological polar surface area (TPSA) is 16.1 Å². The van der Waals surface area contributed by atoms with E-state index in [1.807, 2.05) is 0 Å². The Morgan fingerprint density at radius 1 is 1.50 bits per heavy atom. The van der Waals surface area contributed by atoms with Crippen LogP contribution in [-0.2, 0) is 6.18 Å². The Kier molecular flexibility index (Phi) is 4.02. The van der Waals surface area contributed by atoms with Gasteiger partial charge in [-0.25, -0.2) is 4.98 Å². The Bertz CT molecular complexity index is 352. The molecular weight excluding hydrogens is 241 g/mol. The zero-order valence-electron chi connectivity index (χ0n) is 8.92. The van der Waals surface area contributed by atoms with E-state index < -0.39 is 11.7 Å². The van der Waals surface area contributed by atoms with Crippen LogP contribution in [0.4, 0.5) is 19.0 Å². The second-order valence-corrected chi connectivity index (χ2v) is 4.28. The largest absolute Gasteiger partial charge is 0.419 e. The van der Waals surface area contributed by atoms with Gasteiger partial charge in [0.1, 0.15) is 5.82 Å². The van der Waals surface area contributed by atoms with Crippen LogP contribution >= 0.6 is 11.6 Å². The highest BCUT2D eigenvalue weighted by molar-refractivity contribution is 6.20. The van der Waals surface area contributed by atoms with Crippen molar-refractivity contribution in [1.29, 1.82) is 0 Å². The van der Waals surface area contributed by atoms with Crippen molar-refractivity contribution in [3.05, 3.63) is 23.9 Å². The maximum Gasteiger partial charge on any atom is 0.419 e. The number of rotatable bonds is 3. The van der Waals surface area contributed by atoms with Crippen molar-refractivity contribution in [2.75, 3.05) is 18.5 Å². The van der Waals surface area contributed by atoms with Crippen molar-refractivity contribution in [3.63, 3.8) is 0 Å². The maximum atomic E-state index is 12.6. The molecule has 0 aliphatic heterocycles. The molecule has 1 aromatic heterocycles. The molecule has 0 aliphatic rings. The van der Waals surface area contributed by atoms with Crippen LogP contribution in [0.5, 0.6) is 0 Å². The molecule has 1 unspecified atom stereocenters. The fraction of sp³-hybridized carbons (Fsp3) is 0.500. The molecular formula is C10H12ClF3N2. The molecule has 0 radical (unpaired) electrons. The van der Waals surface area contributed by atoms with Crippen LogP contribution in [0.1, 0.15) is 12.5 Å². The highest BCUT2D eigenvalue weighted by Crippen LogP contribution is 2.34. The summed E-state index contributed by atoms with van der Waals surface area (Å²) < 4.78 is 37.9. The molecule has 90 valence electrons. The smallest absolute Gasteiger partial charge is 0.358 e.